The Kier molecular flexibility index (Phi) is 6.51. The van der Waals surface area contributed by atoms with Crippen LogP contribution in [0.1, 0.15) is 17.5 Å². The predicted molar refractivity (Wildman–Crippen MR) is 116 cm³/mol. The molecule has 0 saturated carbocycles. The molecule has 3 aromatic rings. The Morgan fingerprint density at radius 2 is 1.94 bits per heavy atom. The number of hydroxylamine groups is 1. The molecule has 3 N–H and O–H groups in total. The summed E-state index contributed by atoms with van der Waals surface area (Å²) in [6.07, 6.45) is 5.18. The van der Waals surface area contributed by atoms with Gasteiger partial charge in [-0.15, -0.1) is 5.10 Å². The lowest BCUT2D eigenvalue weighted by molar-refractivity contribution is -0.124. The van der Waals surface area contributed by atoms with Gasteiger partial charge in [-0.3, -0.25) is 19.6 Å². The fourth-order valence-corrected chi connectivity index (χ4v) is 3.86. The summed E-state index contributed by atoms with van der Waals surface area (Å²) >= 11 is 0. The van der Waals surface area contributed by atoms with Crippen molar-refractivity contribution in [3.8, 4) is 11.3 Å². The van der Waals surface area contributed by atoms with Crippen LogP contribution in [0.25, 0.3) is 17.3 Å². The fourth-order valence-electron chi connectivity index (χ4n) is 3.86. The van der Waals surface area contributed by atoms with E-state index < -0.39 is 5.91 Å². The third kappa shape index (κ3) is 5.43. The van der Waals surface area contributed by atoms with E-state index in [4.69, 9.17) is 5.21 Å². The maximum absolute atomic E-state index is 11.1. The van der Waals surface area contributed by atoms with Crippen molar-refractivity contribution in [2.45, 2.75) is 31.7 Å². The van der Waals surface area contributed by atoms with E-state index >= 15 is 0 Å². The molecule has 4 rings (SSSR count). The molecule has 0 aliphatic carbocycles. The number of β-amino-alcohol motifs (C(OH)–C–C–N with tert-alkyl or cyclic N) is 1. The summed E-state index contributed by atoms with van der Waals surface area (Å²) in [5, 5.41) is 27.3. The molecule has 0 bridgehead atoms. The first-order valence-electron chi connectivity index (χ1n) is 10.2. The van der Waals surface area contributed by atoms with Crippen molar-refractivity contribution in [1.29, 1.82) is 0 Å². The molecule has 1 aromatic heterocycles. The van der Waals surface area contributed by atoms with Crippen molar-refractivity contribution in [2.75, 3.05) is 6.54 Å². The summed E-state index contributed by atoms with van der Waals surface area (Å²) in [4.78, 5) is 13.4. The van der Waals surface area contributed by atoms with E-state index in [2.05, 4.69) is 15.2 Å². The maximum Gasteiger partial charge on any atom is 0.267 e. The number of nitrogens with zero attached hydrogens (tertiary/aromatic N) is 4. The predicted octanol–water partition coefficient (Wildman–Crippen LogP) is 2.10. The van der Waals surface area contributed by atoms with Crippen LogP contribution in [0.15, 0.2) is 66.9 Å². The van der Waals surface area contributed by atoms with Crippen molar-refractivity contribution in [1.82, 2.24) is 25.4 Å². The number of hydrogen-bond acceptors (Lipinski definition) is 6. The van der Waals surface area contributed by atoms with Gasteiger partial charge in [0.25, 0.3) is 5.91 Å². The van der Waals surface area contributed by atoms with Crippen molar-refractivity contribution in [2.24, 2.45) is 0 Å². The van der Waals surface area contributed by atoms with Crippen LogP contribution in [0.4, 0.5) is 0 Å². The molecule has 1 fully saturated rings. The average Bonchev–Trinajstić information content (AvgIpc) is 3.40. The Morgan fingerprint density at radius 1 is 1.16 bits per heavy atom. The number of rotatable bonds is 7. The molecule has 1 amide bonds. The molecule has 8 nitrogen and oxygen atoms in total. The number of likely N-dealkylation sites (tertiary alicyclic amines) is 1. The zero-order valence-corrected chi connectivity index (χ0v) is 17.0. The van der Waals surface area contributed by atoms with E-state index in [0.29, 0.717) is 26.1 Å². The summed E-state index contributed by atoms with van der Waals surface area (Å²) in [5.74, 6) is -0.568. The standard InChI is InChI=1S/C23H25N5O3/c29-21-12-20(14-28-16-22(24-26-28)19-4-2-1-3-5-19)27(15-21)13-18-8-6-17(7-9-18)10-11-23(30)25-31/h1-11,16,20-21,29,31H,12-15H2,(H,25,30)/b11-10+/t20-,21-/m1/s1. The van der Waals surface area contributed by atoms with Crippen LogP contribution in [0.3, 0.4) is 0 Å². The lowest BCUT2D eigenvalue weighted by Gasteiger charge is -2.24. The van der Waals surface area contributed by atoms with Gasteiger partial charge in [0.05, 0.1) is 18.8 Å². The van der Waals surface area contributed by atoms with Gasteiger partial charge in [0.2, 0.25) is 0 Å². The average molecular weight is 419 g/mol. The quantitative estimate of drug-likeness (QED) is 0.308. The number of aromatic nitrogens is 3. The van der Waals surface area contributed by atoms with Gasteiger partial charge in [0, 0.05) is 30.8 Å². The van der Waals surface area contributed by atoms with E-state index in [0.717, 1.165) is 22.4 Å². The van der Waals surface area contributed by atoms with E-state index in [1.165, 1.54) is 6.08 Å². The van der Waals surface area contributed by atoms with Gasteiger partial charge < -0.3 is 5.11 Å². The smallest absolute Gasteiger partial charge is 0.267 e. The number of nitrogens with one attached hydrogen (secondary N) is 1. The first kappa shape index (κ1) is 20.9. The summed E-state index contributed by atoms with van der Waals surface area (Å²) in [5.41, 5.74) is 5.41. The lowest BCUT2D eigenvalue weighted by atomic mass is 10.1. The van der Waals surface area contributed by atoms with Crippen LogP contribution in [0.5, 0.6) is 0 Å². The monoisotopic (exact) mass is 419 g/mol. The highest BCUT2D eigenvalue weighted by molar-refractivity contribution is 5.90. The topological polar surface area (TPSA) is 104 Å². The number of aliphatic hydroxyl groups excluding tert-OH is 1. The molecule has 0 unspecified atom stereocenters. The van der Waals surface area contributed by atoms with Gasteiger partial charge in [0.15, 0.2) is 0 Å². The molecule has 31 heavy (non-hydrogen) atoms. The highest BCUT2D eigenvalue weighted by Crippen LogP contribution is 2.23. The molecule has 2 aromatic carbocycles. The SMILES string of the molecule is O=C(/C=C/c1ccc(CN2C[C@H](O)C[C@@H]2Cn2cc(-c3ccccc3)nn2)cc1)NO. The molecule has 0 radical (unpaired) electrons. The third-order valence-electron chi connectivity index (χ3n) is 5.41. The molecule has 1 aliphatic rings. The molecule has 1 aliphatic heterocycles. The van der Waals surface area contributed by atoms with Gasteiger partial charge >= 0.3 is 0 Å². The zero-order valence-electron chi connectivity index (χ0n) is 17.0. The Hall–Kier alpha value is -3.33. The summed E-state index contributed by atoms with van der Waals surface area (Å²) in [7, 11) is 0. The number of carbonyl (C=O) groups excluding carboxylic acids is 1. The van der Waals surface area contributed by atoms with Gasteiger partial charge in [0.1, 0.15) is 5.69 Å². The molecular formula is C23H25N5O3. The highest BCUT2D eigenvalue weighted by Gasteiger charge is 2.31. The molecule has 2 atom stereocenters. The van der Waals surface area contributed by atoms with Gasteiger partial charge in [-0.25, -0.2) is 5.48 Å². The third-order valence-corrected chi connectivity index (χ3v) is 5.41. The van der Waals surface area contributed by atoms with Crippen molar-refractivity contribution >= 4 is 12.0 Å². The van der Waals surface area contributed by atoms with Crippen molar-refractivity contribution < 1.29 is 15.1 Å². The summed E-state index contributed by atoms with van der Waals surface area (Å²) in [6, 6.07) is 17.9. The Morgan fingerprint density at radius 3 is 2.68 bits per heavy atom. The van der Waals surface area contributed by atoms with Crippen LogP contribution in [-0.2, 0) is 17.9 Å². The second-order valence-corrected chi connectivity index (χ2v) is 7.72. The van der Waals surface area contributed by atoms with Crippen LogP contribution >= 0.6 is 0 Å². The molecule has 160 valence electrons. The highest BCUT2D eigenvalue weighted by atomic mass is 16.5. The maximum atomic E-state index is 11.1. The summed E-state index contributed by atoms with van der Waals surface area (Å²) < 4.78 is 1.85. The van der Waals surface area contributed by atoms with Gasteiger partial charge in [-0.05, 0) is 23.6 Å². The Balaban J connectivity index is 1.40. The van der Waals surface area contributed by atoms with Crippen LogP contribution in [0, 0.1) is 0 Å². The van der Waals surface area contributed by atoms with Crippen molar-refractivity contribution in [3.05, 3.63) is 78.0 Å². The molecule has 8 heteroatoms. The largest absolute Gasteiger partial charge is 0.392 e. The fraction of sp³-hybridized carbons (Fsp3) is 0.261. The number of amides is 1. The van der Waals surface area contributed by atoms with E-state index in [9.17, 15) is 9.90 Å². The van der Waals surface area contributed by atoms with Gasteiger partial charge in [-0.2, -0.15) is 0 Å². The minimum absolute atomic E-state index is 0.160. The zero-order chi connectivity index (χ0) is 21.6. The Bertz CT molecular complexity index is 1030. The van der Waals surface area contributed by atoms with Crippen LogP contribution in [-0.4, -0.2) is 54.8 Å². The van der Waals surface area contributed by atoms with E-state index in [1.54, 1.807) is 11.6 Å². The summed E-state index contributed by atoms with van der Waals surface area (Å²) in [6.45, 7) is 1.99. The first-order chi connectivity index (χ1) is 15.1. The minimum atomic E-state index is -0.568. The normalized spacial score (nSPS) is 19.2. The first-order valence-corrected chi connectivity index (χ1v) is 10.2. The molecule has 1 saturated heterocycles. The van der Waals surface area contributed by atoms with E-state index in [-0.39, 0.29) is 12.1 Å². The van der Waals surface area contributed by atoms with Crippen LogP contribution in [0.2, 0.25) is 0 Å². The lowest BCUT2D eigenvalue weighted by Crippen LogP contribution is -2.32. The second-order valence-electron chi connectivity index (χ2n) is 7.72. The minimum Gasteiger partial charge on any atom is -0.392 e. The second kappa shape index (κ2) is 9.65. The number of carbonyl (C=O) groups is 1. The Labute approximate surface area is 180 Å². The van der Waals surface area contributed by atoms with E-state index in [1.807, 2.05) is 65.5 Å². The number of benzene rings is 2. The van der Waals surface area contributed by atoms with Crippen molar-refractivity contribution in [3.63, 3.8) is 0 Å². The molecule has 2 heterocycles. The number of aliphatic hydroxyl groups is 1. The molecular weight excluding hydrogens is 394 g/mol. The number of hydrogen-bond donors (Lipinski definition) is 3. The van der Waals surface area contributed by atoms with Crippen LogP contribution < -0.4 is 5.48 Å². The van der Waals surface area contributed by atoms with Gasteiger partial charge in [-0.1, -0.05) is 59.8 Å². The molecule has 0 spiro atoms.